The normalized spacial score (nSPS) is 10.4. The quantitative estimate of drug-likeness (QED) is 0.889. The van der Waals surface area contributed by atoms with E-state index in [2.05, 4.69) is 22.0 Å². The van der Waals surface area contributed by atoms with E-state index in [1.54, 1.807) is 0 Å². The highest BCUT2D eigenvalue weighted by Gasteiger charge is 2.15. The average Bonchev–Trinajstić information content (AvgIpc) is 2.18. The van der Waals surface area contributed by atoms with E-state index >= 15 is 0 Å². The van der Waals surface area contributed by atoms with Gasteiger partial charge in [0.15, 0.2) is 0 Å². The van der Waals surface area contributed by atoms with Crippen molar-refractivity contribution in [1.82, 2.24) is 0 Å². The number of phenolic OH excluding ortho intramolecular Hbond substituents is 1. The minimum Gasteiger partial charge on any atom is -0.507 e. The summed E-state index contributed by atoms with van der Waals surface area (Å²) in [4.78, 5) is 0. The lowest BCUT2D eigenvalue weighted by atomic mass is 9.95. The zero-order valence-electron chi connectivity index (χ0n) is 9.13. The van der Waals surface area contributed by atoms with E-state index in [4.69, 9.17) is 5.26 Å². The number of nitriles is 1. The summed E-state index contributed by atoms with van der Waals surface area (Å²) in [5, 5.41) is 18.7. The maximum atomic E-state index is 10.0. The number of aromatic hydroxyl groups is 1. The molecule has 0 aliphatic rings. The molecule has 15 heavy (non-hydrogen) atoms. The van der Waals surface area contributed by atoms with Crippen molar-refractivity contribution in [1.29, 1.82) is 5.26 Å². The predicted octanol–water partition coefficient (Wildman–Crippen LogP) is 3.65. The van der Waals surface area contributed by atoms with Crippen molar-refractivity contribution in [3.63, 3.8) is 0 Å². The molecule has 0 aliphatic heterocycles. The zero-order valence-corrected chi connectivity index (χ0v) is 10.7. The van der Waals surface area contributed by atoms with Crippen molar-refractivity contribution < 1.29 is 5.11 Å². The molecular formula is C12H14BrNO. The summed E-state index contributed by atoms with van der Waals surface area (Å²) >= 11 is 3.45. The van der Waals surface area contributed by atoms with Crippen LogP contribution in [-0.4, -0.2) is 5.11 Å². The van der Waals surface area contributed by atoms with E-state index in [-0.39, 0.29) is 18.1 Å². The molecule has 0 saturated heterocycles. The first-order valence-electron chi connectivity index (χ1n) is 4.86. The lowest BCUT2D eigenvalue weighted by molar-refractivity contribution is 0.458. The molecule has 2 nitrogen and oxygen atoms in total. The van der Waals surface area contributed by atoms with Gasteiger partial charge in [-0.2, -0.15) is 5.26 Å². The van der Waals surface area contributed by atoms with Crippen molar-refractivity contribution in [3.8, 4) is 11.8 Å². The Morgan fingerprint density at radius 3 is 2.60 bits per heavy atom. The zero-order chi connectivity index (χ0) is 11.6. The van der Waals surface area contributed by atoms with Gasteiger partial charge in [0.25, 0.3) is 0 Å². The van der Waals surface area contributed by atoms with Crippen LogP contribution in [0, 0.1) is 18.3 Å². The number of hydrogen-bond donors (Lipinski definition) is 1. The van der Waals surface area contributed by atoms with Crippen molar-refractivity contribution in [2.24, 2.45) is 0 Å². The second-order valence-electron chi connectivity index (χ2n) is 3.89. The molecule has 80 valence electrons. The largest absolute Gasteiger partial charge is 0.507 e. The maximum Gasteiger partial charge on any atom is 0.123 e. The summed E-state index contributed by atoms with van der Waals surface area (Å²) in [6.45, 7) is 5.94. The van der Waals surface area contributed by atoms with Crippen LogP contribution in [0.1, 0.15) is 36.5 Å². The van der Waals surface area contributed by atoms with Gasteiger partial charge in [-0.05, 0) is 30.0 Å². The fourth-order valence-corrected chi connectivity index (χ4v) is 2.03. The van der Waals surface area contributed by atoms with Crippen LogP contribution in [0.2, 0.25) is 0 Å². The third kappa shape index (κ3) is 2.32. The van der Waals surface area contributed by atoms with Crippen LogP contribution in [0.25, 0.3) is 0 Å². The molecule has 1 aromatic rings. The van der Waals surface area contributed by atoms with Gasteiger partial charge < -0.3 is 5.11 Å². The van der Waals surface area contributed by atoms with E-state index in [0.29, 0.717) is 0 Å². The standard InChI is InChI=1S/C12H14BrNO/c1-7(2)10-6-11(13)8(3)9(4-5-14)12(10)15/h6-7,15H,4H2,1-3H3. The van der Waals surface area contributed by atoms with Gasteiger partial charge >= 0.3 is 0 Å². The molecule has 0 saturated carbocycles. The molecule has 0 aromatic heterocycles. The number of rotatable bonds is 2. The van der Waals surface area contributed by atoms with E-state index < -0.39 is 0 Å². The molecule has 0 fully saturated rings. The average molecular weight is 268 g/mol. The Morgan fingerprint density at radius 2 is 2.13 bits per heavy atom. The summed E-state index contributed by atoms with van der Waals surface area (Å²) in [5.74, 6) is 0.520. The first kappa shape index (κ1) is 12.1. The minimum absolute atomic E-state index is 0.247. The van der Waals surface area contributed by atoms with Crippen LogP contribution in [0.4, 0.5) is 0 Å². The lowest BCUT2D eigenvalue weighted by Crippen LogP contribution is -1.97. The Morgan fingerprint density at radius 1 is 1.53 bits per heavy atom. The first-order chi connectivity index (χ1) is 6.99. The smallest absolute Gasteiger partial charge is 0.123 e. The van der Waals surface area contributed by atoms with Gasteiger partial charge in [-0.25, -0.2) is 0 Å². The number of phenols is 1. The van der Waals surface area contributed by atoms with Gasteiger partial charge in [0, 0.05) is 10.0 Å². The van der Waals surface area contributed by atoms with Crippen LogP contribution >= 0.6 is 15.9 Å². The Balaban J connectivity index is 3.43. The topological polar surface area (TPSA) is 44.0 Å². The Bertz CT molecular complexity index is 419. The molecule has 1 rings (SSSR count). The fraction of sp³-hybridized carbons (Fsp3) is 0.417. The monoisotopic (exact) mass is 267 g/mol. The van der Waals surface area contributed by atoms with E-state index in [1.807, 2.05) is 26.8 Å². The van der Waals surface area contributed by atoms with Crippen LogP contribution < -0.4 is 0 Å². The molecule has 0 radical (unpaired) electrons. The molecule has 0 heterocycles. The van der Waals surface area contributed by atoms with E-state index in [9.17, 15) is 5.11 Å². The Labute approximate surface area is 98.7 Å². The van der Waals surface area contributed by atoms with Crippen molar-refractivity contribution in [2.75, 3.05) is 0 Å². The maximum absolute atomic E-state index is 10.0. The summed E-state index contributed by atoms with van der Waals surface area (Å²) in [7, 11) is 0. The predicted molar refractivity (Wildman–Crippen MR) is 63.9 cm³/mol. The van der Waals surface area contributed by atoms with Gasteiger partial charge in [-0.1, -0.05) is 29.8 Å². The van der Waals surface area contributed by atoms with Crippen molar-refractivity contribution in [2.45, 2.75) is 33.1 Å². The summed E-state index contributed by atoms with van der Waals surface area (Å²) < 4.78 is 0.953. The molecule has 1 aromatic carbocycles. The number of benzene rings is 1. The van der Waals surface area contributed by atoms with E-state index in [1.165, 1.54) is 0 Å². The molecule has 0 bridgehead atoms. The van der Waals surface area contributed by atoms with Crippen LogP contribution in [0.5, 0.6) is 5.75 Å². The second kappa shape index (κ2) is 4.67. The minimum atomic E-state index is 0.247. The van der Waals surface area contributed by atoms with Gasteiger partial charge in [0.2, 0.25) is 0 Å². The molecule has 3 heteroatoms. The van der Waals surface area contributed by atoms with Gasteiger partial charge in [0.1, 0.15) is 5.75 Å². The first-order valence-corrected chi connectivity index (χ1v) is 5.66. The van der Waals surface area contributed by atoms with Crippen molar-refractivity contribution in [3.05, 3.63) is 27.2 Å². The molecular weight excluding hydrogens is 254 g/mol. The lowest BCUT2D eigenvalue weighted by Gasteiger charge is -2.15. The van der Waals surface area contributed by atoms with Gasteiger partial charge in [0.05, 0.1) is 12.5 Å². The van der Waals surface area contributed by atoms with Crippen LogP contribution in [-0.2, 0) is 6.42 Å². The fourth-order valence-electron chi connectivity index (χ4n) is 1.54. The highest BCUT2D eigenvalue weighted by Crippen LogP contribution is 2.35. The van der Waals surface area contributed by atoms with E-state index in [0.717, 1.165) is 21.2 Å². The number of halogens is 1. The molecule has 0 amide bonds. The third-order valence-electron chi connectivity index (χ3n) is 2.53. The number of hydrogen-bond acceptors (Lipinski definition) is 2. The van der Waals surface area contributed by atoms with Crippen LogP contribution in [0.15, 0.2) is 10.5 Å². The highest BCUT2D eigenvalue weighted by atomic mass is 79.9. The van der Waals surface area contributed by atoms with Gasteiger partial charge in [-0.3, -0.25) is 0 Å². The molecule has 1 N–H and O–H groups in total. The van der Waals surface area contributed by atoms with Gasteiger partial charge in [-0.15, -0.1) is 0 Å². The van der Waals surface area contributed by atoms with Crippen molar-refractivity contribution >= 4 is 15.9 Å². The number of nitrogens with zero attached hydrogens (tertiary/aromatic N) is 1. The SMILES string of the molecule is Cc1c(Br)cc(C(C)C)c(O)c1CC#N. The summed E-state index contributed by atoms with van der Waals surface area (Å²) in [6, 6.07) is 4.00. The second-order valence-corrected chi connectivity index (χ2v) is 4.74. The summed E-state index contributed by atoms with van der Waals surface area (Å²) in [6.07, 6.45) is 0.247. The molecule has 0 atom stereocenters. The molecule has 0 aliphatic carbocycles. The summed E-state index contributed by atoms with van der Waals surface area (Å²) in [5.41, 5.74) is 2.56. The molecule has 0 unspecified atom stereocenters. The highest BCUT2D eigenvalue weighted by molar-refractivity contribution is 9.10. The third-order valence-corrected chi connectivity index (χ3v) is 3.35. The molecule has 0 spiro atoms. The Kier molecular flexibility index (Phi) is 3.76. The van der Waals surface area contributed by atoms with Crippen LogP contribution in [0.3, 0.4) is 0 Å². The Hall–Kier alpha value is -1.01.